The molecule has 24 heavy (non-hydrogen) atoms. The Bertz CT molecular complexity index is 771. The van der Waals surface area contributed by atoms with Gasteiger partial charge in [0.25, 0.3) is 11.8 Å². The first-order valence-corrected chi connectivity index (χ1v) is 7.64. The van der Waals surface area contributed by atoms with Crippen LogP contribution in [0.2, 0.25) is 0 Å². The minimum atomic E-state index is -0.979. The molecule has 0 bridgehead atoms. The second kappa shape index (κ2) is 7.87. The standard InChI is InChI=1S/C16H13BrF2N2O3/c1-9(24-14-7-6-10(18)8-12(14)17)15(22)20-21-16(23)11-4-2-3-5-13(11)19/h2-9H,1H3,(H,20,22)(H,21,23). The quantitative estimate of drug-likeness (QED) is 0.778. The number of rotatable bonds is 4. The summed E-state index contributed by atoms with van der Waals surface area (Å²) in [6.45, 7) is 1.44. The molecule has 1 unspecified atom stereocenters. The molecule has 0 fully saturated rings. The van der Waals surface area contributed by atoms with E-state index in [2.05, 4.69) is 26.8 Å². The topological polar surface area (TPSA) is 67.4 Å². The third-order valence-electron chi connectivity index (χ3n) is 2.98. The van der Waals surface area contributed by atoms with E-state index in [9.17, 15) is 18.4 Å². The molecule has 5 nitrogen and oxygen atoms in total. The average Bonchev–Trinajstić information content (AvgIpc) is 2.55. The van der Waals surface area contributed by atoms with Crippen molar-refractivity contribution in [1.29, 1.82) is 0 Å². The van der Waals surface area contributed by atoms with Gasteiger partial charge in [-0.15, -0.1) is 0 Å². The van der Waals surface area contributed by atoms with Crippen LogP contribution in [0.15, 0.2) is 46.9 Å². The fraction of sp³-hybridized carbons (Fsp3) is 0.125. The summed E-state index contributed by atoms with van der Waals surface area (Å²) < 4.78 is 32.2. The normalized spacial score (nSPS) is 11.5. The number of nitrogens with one attached hydrogen (secondary N) is 2. The van der Waals surface area contributed by atoms with E-state index in [1.807, 2.05) is 0 Å². The molecule has 0 saturated heterocycles. The van der Waals surface area contributed by atoms with Gasteiger partial charge in [0.05, 0.1) is 10.0 Å². The van der Waals surface area contributed by atoms with Crippen molar-refractivity contribution in [2.45, 2.75) is 13.0 Å². The highest BCUT2D eigenvalue weighted by Gasteiger charge is 2.18. The van der Waals surface area contributed by atoms with Gasteiger partial charge in [-0.2, -0.15) is 0 Å². The van der Waals surface area contributed by atoms with E-state index < -0.39 is 29.6 Å². The summed E-state index contributed by atoms with van der Waals surface area (Å²) in [7, 11) is 0. The lowest BCUT2D eigenvalue weighted by molar-refractivity contribution is -0.128. The summed E-state index contributed by atoms with van der Waals surface area (Å²) in [6, 6.07) is 9.10. The molecule has 1 atom stereocenters. The third kappa shape index (κ3) is 4.51. The van der Waals surface area contributed by atoms with Gasteiger partial charge in [-0.1, -0.05) is 12.1 Å². The lowest BCUT2D eigenvalue weighted by Crippen LogP contribution is -2.47. The molecule has 8 heteroatoms. The van der Waals surface area contributed by atoms with Gasteiger partial charge < -0.3 is 4.74 Å². The lowest BCUT2D eigenvalue weighted by Gasteiger charge is -2.16. The molecule has 2 rings (SSSR count). The molecule has 0 spiro atoms. The Kier molecular flexibility index (Phi) is 5.86. The van der Waals surface area contributed by atoms with Gasteiger partial charge in [-0.25, -0.2) is 8.78 Å². The number of benzene rings is 2. The monoisotopic (exact) mass is 398 g/mol. The Morgan fingerprint density at radius 1 is 1.12 bits per heavy atom. The van der Waals surface area contributed by atoms with Crippen LogP contribution in [0.25, 0.3) is 0 Å². The van der Waals surface area contributed by atoms with E-state index in [1.54, 1.807) is 0 Å². The first-order chi connectivity index (χ1) is 11.4. The van der Waals surface area contributed by atoms with Crippen LogP contribution in [0.4, 0.5) is 8.78 Å². The molecule has 2 N–H and O–H groups in total. The van der Waals surface area contributed by atoms with Gasteiger partial charge in [0.2, 0.25) is 0 Å². The molecule has 0 aliphatic rings. The molecule has 2 aromatic rings. The SMILES string of the molecule is CC(Oc1ccc(F)cc1Br)C(=O)NNC(=O)c1ccccc1F. The number of hydrazine groups is 1. The van der Waals surface area contributed by atoms with E-state index in [1.165, 1.54) is 43.3 Å². The van der Waals surface area contributed by atoms with Crippen molar-refractivity contribution in [1.82, 2.24) is 10.9 Å². The second-order valence-corrected chi connectivity index (χ2v) is 5.61. The molecule has 0 aliphatic heterocycles. The molecule has 2 aromatic carbocycles. The predicted molar refractivity (Wildman–Crippen MR) is 86.2 cm³/mol. The van der Waals surface area contributed by atoms with Gasteiger partial charge >= 0.3 is 0 Å². The molecule has 0 saturated carbocycles. The minimum Gasteiger partial charge on any atom is -0.480 e. The van der Waals surface area contributed by atoms with Crippen LogP contribution in [-0.4, -0.2) is 17.9 Å². The first-order valence-electron chi connectivity index (χ1n) is 6.85. The summed E-state index contributed by atoms with van der Waals surface area (Å²) in [5.41, 5.74) is 4.04. The number of amides is 2. The van der Waals surface area contributed by atoms with Crippen LogP contribution in [0.3, 0.4) is 0 Å². The number of ether oxygens (including phenoxy) is 1. The van der Waals surface area contributed by atoms with E-state index >= 15 is 0 Å². The van der Waals surface area contributed by atoms with Gasteiger partial charge in [-0.3, -0.25) is 20.4 Å². The van der Waals surface area contributed by atoms with Crippen LogP contribution in [0, 0.1) is 11.6 Å². The molecule has 2 amide bonds. The fourth-order valence-corrected chi connectivity index (χ4v) is 2.19. The summed E-state index contributed by atoms with van der Waals surface area (Å²) in [5, 5.41) is 0. The zero-order valence-electron chi connectivity index (χ0n) is 12.5. The highest BCUT2D eigenvalue weighted by atomic mass is 79.9. The Hall–Kier alpha value is -2.48. The number of carbonyl (C=O) groups is 2. The van der Waals surface area contributed by atoms with Crippen LogP contribution < -0.4 is 15.6 Å². The van der Waals surface area contributed by atoms with Crippen molar-refractivity contribution in [2.75, 3.05) is 0 Å². The highest BCUT2D eigenvalue weighted by Crippen LogP contribution is 2.26. The molecular weight excluding hydrogens is 386 g/mol. The maximum atomic E-state index is 13.5. The molecule has 0 radical (unpaired) electrons. The smallest absolute Gasteiger partial charge is 0.279 e. The van der Waals surface area contributed by atoms with Crippen molar-refractivity contribution in [3.05, 3.63) is 64.1 Å². The van der Waals surface area contributed by atoms with Crippen LogP contribution in [0.5, 0.6) is 5.75 Å². The maximum Gasteiger partial charge on any atom is 0.279 e. The van der Waals surface area contributed by atoms with E-state index in [0.717, 1.165) is 6.07 Å². The average molecular weight is 399 g/mol. The van der Waals surface area contributed by atoms with E-state index in [0.29, 0.717) is 4.47 Å². The van der Waals surface area contributed by atoms with E-state index in [-0.39, 0.29) is 11.3 Å². The van der Waals surface area contributed by atoms with Crippen molar-refractivity contribution in [3.63, 3.8) is 0 Å². The maximum absolute atomic E-state index is 13.5. The zero-order valence-corrected chi connectivity index (χ0v) is 14.1. The van der Waals surface area contributed by atoms with Crippen molar-refractivity contribution in [3.8, 4) is 5.75 Å². The van der Waals surface area contributed by atoms with Crippen LogP contribution >= 0.6 is 15.9 Å². The predicted octanol–water partition coefficient (Wildman–Crippen LogP) is 2.96. The second-order valence-electron chi connectivity index (χ2n) is 4.76. The molecule has 0 heterocycles. The van der Waals surface area contributed by atoms with E-state index in [4.69, 9.17) is 4.74 Å². The number of hydrogen-bond donors (Lipinski definition) is 2. The van der Waals surface area contributed by atoms with Crippen LogP contribution in [-0.2, 0) is 4.79 Å². The highest BCUT2D eigenvalue weighted by molar-refractivity contribution is 9.10. The third-order valence-corrected chi connectivity index (χ3v) is 3.60. The Morgan fingerprint density at radius 3 is 2.50 bits per heavy atom. The lowest BCUT2D eigenvalue weighted by atomic mass is 10.2. The summed E-state index contributed by atoms with van der Waals surface area (Å²) in [5.74, 6) is -2.35. The minimum absolute atomic E-state index is 0.201. The summed E-state index contributed by atoms with van der Waals surface area (Å²) in [4.78, 5) is 23.7. The molecule has 0 aromatic heterocycles. The Balaban J connectivity index is 1.92. The molecule has 126 valence electrons. The van der Waals surface area contributed by atoms with Crippen molar-refractivity contribution < 1.29 is 23.1 Å². The number of halogens is 3. The summed E-state index contributed by atoms with van der Waals surface area (Å²) in [6.07, 6.45) is -0.979. The first kappa shape index (κ1) is 17.9. The summed E-state index contributed by atoms with van der Waals surface area (Å²) >= 11 is 3.12. The molecular formula is C16H13BrF2N2O3. The fourth-order valence-electron chi connectivity index (χ4n) is 1.75. The zero-order chi connectivity index (χ0) is 17.7. The van der Waals surface area contributed by atoms with Gasteiger partial charge in [0.1, 0.15) is 17.4 Å². The molecule has 0 aliphatic carbocycles. The van der Waals surface area contributed by atoms with Gasteiger partial charge in [0, 0.05) is 0 Å². The van der Waals surface area contributed by atoms with Crippen molar-refractivity contribution in [2.24, 2.45) is 0 Å². The largest absolute Gasteiger partial charge is 0.480 e. The van der Waals surface area contributed by atoms with Gasteiger partial charge in [-0.05, 0) is 53.2 Å². The van der Waals surface area contributed by atoms with Gasteiger partial charge in [0.15, 0.2) is 6.10 Å². The number of carbonyl (C=O) groups excluding carboxylic acids is 2. The Morgan fingerprint density at radius 2 is 1.83 bits per heavy atom. The number of hydrogen-bond acceptors (Lipinski definition) is 3. The van der Waals surface area contributed by atoms with Crippen molar-refractivity contribution >= 4 is 27.7 Å². The Labute approximate surface area is 145 Å². The van der Waals surface area contributed by atoms with Crippen LogP contribution in [0.1, 0.15) is 17.3 Å².